The molecule has 0 saturated carbocycles. The maximum Gasteiger partial charge on any atom is 0.134 e. The van der Waals surface area contributed by atoms with Crippen LogP contribution >= 0.6 is 27.3 Å². The summed E-state index contributed by atoms with van der Waals surface area (Å²) in [5.74, 6) is 1.53. The average molecular weight is 369 g/mol. The van der Waals surface area contributed by atoms with Gasteiger partial charge in [-0.25, -0.2) is 4.98 Å². The monoisotopic (exact) mass is 368 g/mol. The molecule has 0 fully saturated rings. The molecular weight excluding hydrogens is 348 g/mol. The molecule has 1 aromatic carbocycles. The van der Waals surface area contributed by atoms with Crippen LogP contribution in [-0.4, -0.2) is 11.5 Å². The lowest BCUT2D eigenvalue weighted by Crippen LogP contribution is -2.18. The number of halogens is 1. The summed E-state index contributed by atoms with van der Waals surface area (Å²) in [6.07, 6.45) is 1.87. The summed E-state index contributed by atoms with van der Waals surface area (Å²) >= 11 is 5.25. The lowest BCUT2D eigenvalue weighted by atomic mass is 10.2. The summed E-state index contributed by atoms with van der Waals surface area (Å²) in [5, 5.41) is 4.51. The Kier molecular flexibility index (Phi) is 6.21. The van der Waals surface area contributed by atoms with Crippen molar-refractivity contribution in [1.29, 1.82) is 0 Å². The van der Waals surface area contributed by atoms with Gasteiger partial charge in [-0.1, -0.05) is 19.9 Å². The van der Waals surface area contributed by atoms with E-state index < -0.39 is 0 Å². The van der Waals surface area contributed by atoms with Crippen LogP contribution in [0.1, 0.15) is 29.3 Å². The second-order valence-corrected chi connectivity index (χ2v) is 7.60. The minimum atomic E-state index is 0.565. The van der Waals surface area contributed by atoms with Crippen LogP contribution in [-0.2, 0) is 13.2 Å². The van der Waals surface area contributed by atoms with Crippen LogP contribution in [0.4, 0.5) is 0 Å². The van der Waals surface area contributed by atoms with Crippen LogP contribution in [0.15, 0.2) is 28.9 Å². The molecule has 0 aliphatic rings. The Morgan fingerprint density at radius 3 is 2.81 bits per heavy atom. The predicted octanol–water partition coefficient (Wildman–Crippen LogP) is 4.54. The Balaban J connectivity index is 1.89. The standard InChI is InChI=1S/C16H21BrN2OS/c1-11(2)7-18-8-13-4-5-16(15(17)6-13)20-10-14-9-19-12(3)21-14/h4-6,9,11,18H,7-8,10H2,1-3H3. The minimum Gasteiger partial charge on any atom is -0.487 e. The molecule has 0 unspecified atom stereocenters. The minimum absolute atomic E-state index is 0.565. The van der Waals surface area contributed by atoms with Crippen molar-refractivity contribution in [2.45, 2.75) is 33.9 Å². The molecule has 0 amide bonds. The smallest absolute Gasteiger partial charge is 0.134 e. The van der Waals surface area contributed by atoms with E-state index in [-0.39, 0.29) is 0 Å². The number of aryl methyl sites for hydroxylation is 1. The van der Waals surface area contributed by atoms with E-state index in [1.54, 1.807) is 11.3 Å². The van der Waals surface area contributed by atoms with Crippen molar-refractivity contribution in [3.05, 3.63) is 44.3 Å². The van der Waals surface area contributed by atoms with Gasteiger partial charge in [-0.3, -0.25) is 0 Å². The Labute approximate surface area is 138 Å². The number of thiazole rings is 1. The van der Waals surface area contributed by atoms with Gasteiger partial charge >= 0.3 is 0 Å². The van der Waals surface area contributed by atoms with Crippen LogP contribution in [0.3, 0.4) is 0 Å². The second-order valence-electron chi connectivity index (χ2n) is 5.42. The van der Waals surface area contributed by atoms with Gasteiger partial charge < -0.3 is 10.1 Å². The van der Waals surface area contributed by atoms with Crippen molar-refractivity contribution in [2.24, 2.45) is 5.92 Å². The maximum atomic E-state index is 5.84. The molecule has 0 radical (unpaired) electrons. The molecule has 0 atom stereocenters. The number of nitrogens with zero attached hydrogens (tertiary/aromatic N) is 1. The molecule has 0 saturated heterocycles. The summed E-state index contributed by atoms with van der Waals surface area (Å²) in [6, 6.07) is 6.23. The molecule has 2 rings (SSSR count). The molecule has 0 aliphatic heterocycles. The summed E-state index contributed by atoms with van der Waals surface area (Å²) in [6.45, 7) is 8.89. The largest absolute Gasteiger partial charge is 0.487 e. The first-order valence-corrected chi connectivity index (χ1v) is 8.69. The lowest BCUT2D eigenvalue weighted by molar-refractivity contribution is 0.307. The van der Waals surface area contributed by atoms with Gasteiger partial charge in [0.15, 0.2) is 0 Å². The number of hydrogen-bond donors (Lipinski definition) is 1. The van der Waals surface area contributed by atoms with Crippen LogP contribution in [0.25, 0.3) is 0 Å². The highest BCUT2D eigenvalue weighted by Gasteiger charge is 2.05. The Morgan fingerprint density at radius 1 is 1.38 bits per heavy atom. The predicted molar refractivity (Wildman–Crippen MR) is 91.9 cm³/mol. The van der Waals surface area contributed by atoms with Gasteiger partial charge in [0.1, 0.15) is 12.4 Å². The number of rotatable bonds is 7. The molecule has 21 heavy (non-hydrogen) atoms. The summed E-state index contributed by atoms with van der Waals surface area (Å²) < 4.78 is 6.83. The number of benzene rings is 1. The van der Waals surface area contributed by atoms with Crippen molar-refractivity contribution in [3.63, 3.8) is 0 Å². The number of nitrogens with one attached hydrogen (secondary N) is 1. The van der Waals surface area contributed by atoms with Gasteiger partial charge in [0, 0.05) is 12.7 Å². The fourth-order valence-corrected chi connectivity index (χ4v) is 3.15. The van der Waals surface area contributed by atoms with Gasteiger partial charge in [-0.15, -0.1) is 11.3 Å². The zero-order chi connectivity index (χ0) is 15.2. The summed E-state index contributed by atoms with van der Waals surface area (Å²) in [4.78, 5) is 5.37. The molecular formula is C16H21BrN2OS. The zero-order valence-corrected chi connectivity index (χ0v) is 15.1. The SMILES string of the molecule is Cc1ncc(COc2ccc(CNCC(C)C)cc2Br)s1. The Morgan fingerprint density at radius 2 is 2.19 bits per heavy atom. The molecule has 5 heteroatoms. The maximum absolute atomic E-state index is 5.84. The molecule has 114 valence electrons. The first kappa shape index (κ1) is 16.5. The highest BCUT2D eigenvalue weighted by molar-refractivity contribution is 9.10. The van der Waals surface area contributed by atoms with E-state index in [9.17, 15) is 0 Å². The Hall–Kier alpha value is -0.910. The average Bonchev–Trinajstić information content (AvgIpc) is 2.83. The van der Waals surface area contributed by atoms with Gasteiger partial charge in [-0.2, -0.15) is 0 Å². The number of aromatic nitrogens is 1. The highest BCUT2D eigenvalue weighted by atomic mass is 79.9. The quantitative estimate of drug-likeness (QED) is 0.778. The van der Waals surface area contributed by atoms with Gasteiger partial charge in [0.25, 0.3) is 0 Å². The molecule has 0 bridgehead atoms. The normalized spacial score (nSPS) is 11.1. The third-order valence-corrected chi connectivity index (χ3v) is 4.42. The van der Waals surface area contributed by atoms with E-state index in [4.69, 9.17) is 4.74 Å². The van der Waals surface area contributed by atoms with E-state index in [2.05, 4.69) is 52.2 Å². The van der Waals surface area contributed by atoms with E-state index in [1.807, 2.05) is 19.2 Å². The van der Waals surface area contributed by atoms with Crippen LogP contribution in [0.2, 0.25) is 0 Å². The Bertz CT molecular complexity index is 583. The third kappa shape index (κ3) is 5.41. The molecule has 0 aliphatic carbocycles. The van der Waals surface area contributed by atoms with Crippen molar-refractivity contribution >= 4 is 27.3 Å². The van der Waals surface area contributed by atoms with E-state index in [1.165, 1.54) is 5.56 Å². The first-order valence-electron chi connectivity index (χ1n) is 7.08. The zero-order valence-electron chi connectivity index (χ0n) is 12.6. The van der Waals surface area contributed by atoms with E-state index >= 15 is 0 Å². The van der Waals surface area contributed by atoms with Gasteiger partial charge in [0.2, 0.25) is 0 Å². The molecule has 1 aromatic heterocycles. The first-order chi connectivity index (χ1) is 10.0. The number of ether oxygens (including phenoxy) is 1. The summed E-state index contributed by atoms with van der Waals surface area (Å²) in [5.41, 5.74) is 1.25. The number of hydrogen-bond acceptors (Lipinski definition) is 4. The molecule has 1 N–H and O–H groups in total. The lowest BCUT2D eigenvalue weighted by Gasteiger charge is -2.10. The van der Waals surface area contributed by atoms with Gasteiger partial charge in [-0.05, 0) is 53.0 Å². The van der Waals surface area contributed by atoms with Crippen LogP contribution in [0, 0.1) is 12.8 Å². The second kappa shape index (κ2) is 7.92. The molecule has 3 nitrogen and oxygen atoms in total. The molecule has 1 heterocycles. The third-order valence-electron chi connectivity index (χ3n) is 2.92. The topological polar surface area (TPSA) is 34.1 Å². The van der Waals surface area contributed by atoms with Crippen molar-refractivity contribution < 1.29 is 4.74 Å². The van der Waals surface area contributed by atoms with E-state index in [0.717, 1.165) is 33.2 Å². The fraction of sp³-hybridized carbons (Fsp3) is 0.438. The van der Waals surface area contributed by atoms with Crippen LogP contribution in [0.5, 0.6) is 5.75 Å². The summed E-state index contributed by atoms with van der Waals surface area (Å²) in [7, 11) is 0. The van der Waals surface area contributed by atoms with Gasteiger partial charge in [0.05, 0.1) is 14.4 Å². The highest BCUT2D eigenvalue weighted by Crippen LogP contribution is 2.27. The van der Waals surface area contributed by atoms with Crippen molar-refractivity contribution in [1.82, 2.24) is 10.3 Å². The molecule has 0 spiro atoms. The fourth-order valence-electron chi connectivity index (χ4n) is 1.90. The van der Waals surface area contributed by atoms with E-state index in [0.29, 0.717) is 12.5 Å². The molecule has 2 aromatic rings. The van der Waals surface area contributed by atoms with Crippen molar-refractivity contribution in [2.75, 3.05) is 6.54 Å². The van der Waals surface area contributed by atoms with Crippen LogP contribution < -0.4 is 10.1 Å². The van der Waals surface area contributed by atoms with Crippen molar-refractivity contribution in [3.8, 4) is 5.75 Å².